The minimum atomic E-state index is -3.58. The van der Waals surface area contributed by atoms with E-state index < -0.39 is 10.0 Å². The highest BCUT2D eigenvalue weighted by atomic mass is 32.2. The van der Waals surface area contributed by atoms with E-state index in [9.17, 15) is 8.42 Å². The molecule has 5 nitrogen and oxygen atoms in total. The molecule has 0 saturated carbocycles. The first-order valence-corrected chi connectivity index (χ1v) is 8.73. The van der Waals surface area contributed by atoms with Crippen LogP contribution in [0.5, 0.6) is 0 Å². The third kappa shape index (κ3) is 4.81. The van der Waals surface area contributed by atoms with Gasteiger partial charge in [-0.1, -0.05) is 30.3 Å². The number of benzene rings is 2. The second kappa shape index (κ2) is 7.77. The van der Waals surface area contributed by atoms with Crippen molar-refractivity contribution in [2.24, 2.45) is 0 Å². The monoisotopic (exact) mass is 329 g/mol. The Hall–Kier alpha value is -2.36. The Kier molecular flexibility index (Phi) is 5.74. The molecule has 0 heterocycles. The van der Waals surface area contributed by atoms with Crippen molar-refractivity contribution in [2.45, 2.75) is 17.9 Å². The minimum Gasteiger partial charge on any atom is -0.370 e. The van der Waals surface area contributed by atoms with Crippen molar-refractivity contribution in [2.75, 3.05) is 18.5 Å². The van der Waals surface area contributed by atoms with E-state index in [4.69, 9.17) is 5.26 Å². The summed E-state index contributed by atoms with van der Waals surface area (Å²) in [5.74, 6) is 0. The van der Waals surface area contributed by atoms with Crippen LogP contribution < -0.4 is 9.62 Å². The summed E-state index contributed by atoms with van der Waals surface area (Å²) < 4.78 is 26.8. The van der Waals surface area contributed by atoms with Crippen molar-refractivity contribution in [1.29, 1.82) is 5.26 Å². The summed E-state index contributed by atoms with van der Waals surface area (Å²) in [7, 11) is -1.62. The average molecular weight is 329 g/mol. The normalized spacial score (nSPS) is 11.0. The van der Waals surface area contributed by atoms with Gasteiger partial charge in [0.2, 0.25) is 10.0 Å². The van der Waals surface area contributed by atoms with Crippen LogP contribution in [0.1, 0.15) is 12.0 Å². The lowest BCUT2D eigenvalue weighted by Crippen LogP contribution is -2.25. The lowest BCUT2D eigenvalue weighted by molar-refractivity contribution is 0.582. The SMILES string of the molecule is CN(Cc1cccc(S(=O)(=O)NCCC#N)c1)c1ccccc1. The molecule has 2 aromatic rings. The Morgan fingerprint density at radius 1 is 1.13 bits per heavy atom. The van der Waals surface area contributed by atoms with Crippen LogP contribution in [-0.2, 0) is 16.6 Å². The zero-order valence-electron chi connectivity index (χ0n) is 12.9. The fraction of sp³-hybridized carbons (Fsp3) is 0.235. The molecule has 2 rings (SSSR count). The van der Waals surface area contributed by atoms with E-state index in [1.54, 1.807) is 18.2 Å². The van der Waals surface area contributed by atoms with Gasteiger partial charge in [-0.15, -0.1) is 0 Å². The largest absolute Gasteiger partial charge is 0.370 e. The zero-order chi connectivity index (χ0) is 16.7. The van der Waals surface area contributed by atoms with E-state index in [0.717, 1.165) is 11.3 Å². The van der Waals surface area contributed by atoms with Gasteiger partial charge in [-0.05, 0) is 29.8 Å². The second-order valence-electron chi connectivity index (χ2n) is 5.14. The van der Waals surface area contributed by atoms with E-state index in [0.29, 0.717) is 6.54 Å². The summed E-state index contributed by atoms with van der Waals surface area (Å²) >= 11 is 0. The third-order valence-electron chi connectivity index (χ3n) is 3.35. The standard InChI is InChI=1S/C17H19N3O2S/c1-20(16-8-3-2-4-9-16)14-15-7-5-10-17(13-15)23(21,22)19-12-6-11-18/h2-5,7-10,13,19H,6,12,14H2,1H3. The Balaban J connectivity index is 2.12. The molecule has 0 aliphatic rings. The molecule has 120 valence electrons. The van der Waals surface area contributed by atoms with Gasteiger partial charge in [0.15, 0.2) is 0 Å². The van der Waals surface area contributed by atoms with Crippen LogP contribution in [0.3, 0.4) is 0 Å². The topological polar surface area (TPSA) is 73.2 Å². The van der Waals surface area contributed by atoms with Gasteiger partial charge in [0.25, 0.3) is 0 Å². The highest BCUT2D eigenvalue weighted by Crippen LogP contribution is 2.17. The molecule has 0 spiro atoms. The number of anilines is 1. The summed E-state index contributed by atoms with van der Waals surface area (Å²) in [6.07, 6.45) is 0.148. The first-order chi connectivity index (χ1) is 11.0. The third-order valence-corrected chi connectivity index (χ3v) is 4.81. The number of nitrogens with zero attached hydrogens (tertiary/aromatic N) is 2. The van der Waals surface area contributed by atoms with Crippen molar-refractivity contribution in [1.82, 2.24) is 4.72 Å². The number of rotatable bonds is 7. The van der Waals surface area contributed by atoms with Crippen LogP contribution in [0.4, 0.5) is 5.69 Å². The quantitative estimate of drug-likeness (QED) is 0.792. The molecule has 0 saturated heterocycles. The Bertz CT molecular complexity index is 783. The molecule has 0 aromatic heterocycles. The van der Waals surface area contributed by atoms with Crippen LogP contribution in [0, 0.1) is 11.3 Å². The van der Waals surface area contributed by atoms with Gasteiger partial charge in [0, 0.05) is 32.2 Å². The van der Waals surface area contributed by atoms with Crippen LogP contribution in [-0.4, -0.2) is 22.0 Å². The van der Waals surface area contributed by atoms with Gasteiger partial charge in [0.05, 0.1) is 11.0 Å². The lowest BCUT2D eigenvalue weighted by atomic mass is 10.2. The van der Waals surface area contributed by atoms with E-state index in [2.05, 4.69) is 9.62 Å². The second-order valence-corrected chi connectivity index (χ2v) is 6.91. The van der Waals surface area contributed by atoms with Crippen molar-refractivity contribution in [3.05, 3.63) is 60.2 Å². The van der Waals surface area contributed by atoms with Gasteiger partial charge in [-0.3, -0.25) is 0 Å². The Morgan fingerprint density at radius 2 is 1.87 bits per heavy atom. The van der Waals surface area contributed by atoms with Crippen LogP contribution in [0.15, 0.2) is 59.5 Å². The van der Waals surface area contributed by atoms with E-state index in [1.165, 1.54) is 0 Å². The number of nitrogens with one attached hydrogen (secondary N) is 1. The highest BCUT2D eigenvalue weighted by molar-refractivity contribution is 7.89. The van der Waals surface area contributed by atoms with Crippen LogP contribution in [0.25, 0.3) is 0 Å². The molecule has 0 atom stereocenters. The molecule has 0 aliphatic heterocycles. The van der Waals surface area contributed by atoms with Crippen molar-refractivity contribution in [3.8, 4) is 6.07 Å². The molecule has 1 N–H and O–H groups in total. The Labute approximate surface area is 137 Å². The van der Waals surface area contributed by atoms with Gasteiger partial charge in [-0.2, -0.15) is 5.26 Å². The number of sulfonamides is 1. The summed E-state index contributed by atoms with van der Waals surface area (Å²) in [5, 5.41) is 8.49. The van der Waals surface area contributed by atoms with Gasteiger partial charge < -0.3 is 4.90 Å². The predicted molar refractivity (Wildman–Crippen MR) is 90.4 cm³/mol. The first kappa shape index (κ1) is 17.0. The molecule has 0 aliphatic carbocycles. The summed E-state index contributed by atoms with van der Waals surface area (Å²) in [5.41, 5.74) is 1.97. The molecule has 0 radical (unpaired) electrons. The molecule has 0 bridgehead atoms. The van der Waals surface area contributed by atoms with E-state index in [1.807, 2.05) is 49.5 Å². The van der Waals surface area contributed by atoms with Crippen molar-refractivity contribution in [3.63, 3.8) is 0 Å². The number of para-hydroxylation sites is 1. The molecule has 23 heavy (non-hydrogen) atoms. The average Bonchev–Trinajstić information content (AvgIpc) is 2.56. The fourth-order valence-corrected chi connectivity index (χ4v) is 3.28. The van der Waals surface area contributed by atoms with Gasteiger partial charge >= 0.3 is 0 Å². The van der Waals surface area contributed by atoms with E-state index in [-0.39, 0.29) is 17.9 Å². The summed E-state index contributed by atoms with van der Waals surface area (Å²) in [4.78, 5) is 2.27. The van der Waals surface area contributed by atoms with Crippen molar-refractivity contribution >= 4 is 15.7 Å². The maximum absolute atomic E-state index is 12.2. The Morgan fingerprint density at radius 3 is 2.57 bits per heavy atom. The predicted octanol–water partition coefficient (Wildman–Crippen LogP) is 2.51. The first-order valence-electron chi connectivity index (χ1n) is 7.24. The number of hydrogen-bond acceptors (Lipinski definition) is 4. The van der Waals surface area contributed by atoms with Crippen molar-refractivity contribution < 1.29 is 8.42 Å². The number of nitriles is 1. The molecular weight excluding hydrogens is 310 g/mol. The van der Waals surface area contributed by atoms with Crippen LogP contribution in [0.2, 0.25) is 0 Å². The fourth-order valence-electron chi connectivity index (χ4n) is 2.18. The highest BCUT2D eigenvalue weighted by Gasteiger charge is 2.14. The smallest absolute Gasteiger partial charge is 0.240 e. The van der Waals surface area contributed by atoms with Gasteiger partial charge in [-0.25, -0.2) is 13.1 Å². The number of hydrogen-bond donors (Lipinski definition) is 1. The minimum absolute atomic E-state index is 0.118. The molecule has 2 aromatic carbocycles. The van der Waals surface area contributed by atoms with Gasteiger partial charge in [0.1, 0.15) is 0 Å². The van der Waals surface area contributed by atoms with Crippen LogP contribution >= 0.6 is 0 Å². The summed E-state index contributed by atoms with van der Waals surface area (Å²) in [6.45, 7) is 0.721. The maximum Gasteiger partial charge on any atom is 0.240 e. The summed E-state index contributed by atoms with van der Waals surface area (Å²) in [6, 6.07) is 18.6. The molecule has 6 heteroatoms. The zero-order valence-corrected chi connectivity index (χ0v) is 13.8. The molecule has 0 unspecified atom stereocenters. The van der Waals surface area contributed by atoms with E-state index >= 15 is 0 Å². The molecule has 0 amide bonds. The molecule has 0 fully saturated rings. The maximum atomic E-state index is 12.2. The molecular formula is C17H19N3O2S. The lowest BCUT2D eigenvalue weighted by Gasteiger charge is -2.19.